The average molecular weight is 258 g/mol. The molecule has 0 aliphatic rings. The second-order valence-corrected chi connectivity index (χ2v) is 6.51. The van der Waals surface area contributed by atoms with E-state index in [4.69, 9.17) is 10.5 Å². The Kier molecular flexibility index (Phi) is 9.70. The summed E-state index contributed by atoms with van der Waals surface area (Å²) in [4.78, 5) is 2.52. The van der Waals surface area contributed by atoms with Gasteiger partial charge < -0.3 is 15.4 Å². The third-order valence-corrected chi connectivity index (χ3v) is 3.37. The van der Waals surface area contributed by atoms with Crippen molar-refractivity contribution >= 4 is 0 Å². The number of methoxy groups -OCH3 is 1. The van der Waals surface area contributed by atoms with Crippen LogP contribution in [0.2, 0.25) is 0 Å². The molecule has 3 heteroatoms. The fourth-order valence-corrected chi connectivity index (χ4v) is 2.07. The van der Waals surface area contributed by atoms with Gasteiger partial charge in [0, 0.05) is 20.2 Å². The lowest BCUT2D eigenvalue weighted by Gasteiger charge is -2.25. The number of ether oxygens (including phenoxy) is 1. The van der Waals surface area contributed by atoms with Crippen LogP contribution in [0, 0.1) is 11.3 Å². The van der Waals surface area contributed by atoms with E-state index in [1.165, 1.54) is 32.4 Å². The van der Waals surface area contributed by atoms with Crippen molar-refractivity contribution in [3.05, 3.63) is 0 Å². The molecule has 2 N–H and O–H groups in total. The predicted molar refractivity (Wildman–Crippen MR) is 79.8 cm³/mol. The molecule has 0 atom stereocenters. The molecule has 0 bridgehead atoms. The first kappa shape index (κ1) is 17.9. The number of nitrogens with two attached hydrogens (primary N) is 1. The van der Waals surface area contributed by atoms with Gasteiger partial charge in [-0.2, -0.15) is 0 Å². The molecule has 0 radical (unpaired) electrons. The molecule has 0 heterocycles. The molecular weight excluding hydrogens is 224 g/mol. The summed E-state index contributed by atoms with van der Waals surface area (Å²) < 4.78 is 5.17. The highest BCUT2D eigenvalue weighted by Crippen LogP contribution is 2.21. The van der Waals surface area contributed by atoms with Gasteiger partial charge in [0.05, 0.1) is 6.61 Å². The Hall–Kier alpha value is -0.120. The molecule has 0 aromatic carbocycles. The number of rotatable bonds is 11. The van der Waals surface area contributed by atoms with E-state index in [1.807, 2.05) is 0 Å². The molecule has 0 aromatic heterocycles. The van der Waals surface area contributed by atoms with Gasteiger partial charge in [-0.05, 0) is 37.3 Å². The highest BCUT2D eigenvalue weighted by molar-refractivity contribution is 4.69. The van der Waals surface area contributed by atoms with Gasteiger partial charge in [-0.3, -0.25) is 0 Å². The van der Waals surface area contributed by atoms with Crippen LogP contribution in [0.3, 0.4) is 0 Å². The lowest BCUT2D eigenvalue weighted by atomic mass is 9.87. The summed E-state index contributed by atoms with van der Waals surface area (Å²) in [7, 11) is 1.78. The predicted octanol–water partition coefficient (Wildman–Crippen LogP) is 2.75. The van der Waals surface area contributed by atoms with Gasteiger partial charge in [0.1, 0.15) is 0 Å². The maximum Gasteiger partial charge on any atom is 0.0589 e. The van der Waals surface area contributed by atoms with Gasteiger partial charge in [-0.25, -0.2) is 0 Å². The molecular formula is C15H34N2O. The van der Waals surface area contributed by atoms with E-state index in [0.717, 1.165) is 25.6 Å². The number of hydrogen-bond acceptors (Lipinski definition) is 3. The Bertz CT molecular complexity index is 193. The zero-order valence-corrected chi connectivity index (χ0v) is 13.2. The van der Waals surface area contributed by atoms with Crippen molar-refractivity contribution in [1.29, 1.82) is 0 Å². The third-order valence-electron chi connectivity index (χ3n) is 3.37. The first-order valence-electron chi connectivity index (χ1n) is 7.32. The highest BCUT2D eigenvalue weighted by Gasteiger charge is 2.15. The molecule has 3 nitrogen and oxygen atoms in total. The Labute approximate surface area is 114 Å². The number of hydrogen-bond donors (Lipinski definition) is 1. The summed E-state index contributed by atoms with van der Waals surface area (Å²) in [5, 5.41) is 0. The monoisotopic (exact) mass is 258 g/mol. The first-order chi connectivity index (χ1) is 8.41. The van der Waals surface area contributed by atoms with Crippen LogP contribution in [0.15, 0.2) is 0 Å². The van der Waals surface area contributed by atoms with Crippen LogP contribution in [0.5, 0.6) is 0 Å². The Morgan fingerprint density at radius 3 is 2.33 bits per heavy atom. The zero-order valence-electron chi connectivity index (χ0n) is 13.2. The maximum absolute atomic E-state index is 5.75. The molecule has 0 fully saturated rings. The summed E-state index contributed by atoms with van der Waals surface area (Å²) >= 11 is 0. The highest BCUT2D eigenvalue weighted by atomic mass is 16.5. The van der Waals surface area contributed by atoms with Crippen LogP contribution in [0.25, 0.3) is 0 Å². The molecule has 0 saturated heterocycles. The molecule has 18 heavy (non-hydrogen) atoms. The van der Waals surface area contributed by atoms with Gasteiger partial charge in [0.15, 0.2) is 0 Å². The molecule has 0 unspecified atom stereocenters. The largest absolute Gasteiger partial charge is 0.383 e. The number of unbranched alkanes of at least 4 members (excludes halogenated alkanes) is 1. The average Bonchev–Trinajstić information content (AvgIpc) is 2.30. The molecule has 0 saturated carbocycles. The van der Waals surface area contributed by atoms with E-state index in [9.17, 15) is 0 Å². The Morgan fingerprint density at radius 1 is 1.17 bits per heavy atom. The summed E-state index contributed by atoms with van der Waals surface area (Å²) in [5.41, 5.74) is 6.05. The van der Waals surface area contributed by atoms with E-state index >= 15 is 0 Å². The summed E-state index contributed by atoms with van der Waals surface area (Å²) in [6, 6.07) is 0. The minimum atomic E-state index is 0.301. The van der Waals surface area contributed by atoms with Crippen molar-refractivity contribution in [1.82, 2.24) is 4.90 Å². The maximum atomic E-state index is 5.75. The minimum Gasteiger partial charge on any atom is -0.383 e. The zero-order chi connectivity index (χ0) is 14.0. The Morgan fingerprint density at radius 2 is 1.83 bits per heavy atom. The molecule has 0 aliphatic carbocycles. The molecule has 0 aliphatic heterocycles. The minimum absolute atomic E-state index is 0.301. The van der Waals surface area contributed by atoms with Crippen molar-refractivity contribution < 1.29 is 4.74 Å². The second-order valence-electron chi connectivity index (χ2n) is 6.51. The Balaban J connectivity index is 3.81. The topological polar surface area (TPSA) is 38.5 Å². The van der Waals surface area contributed by atoms with Crippen LogP contribution in [0.1, 0.15) is 47.0 Å². The van der Waals surface area contributed by atoms with Crippen molar-refractivity contribution in [2.75, 3.05) is 39.9 Å². The van der Waals surface area contributed by atoms with Crippen LogP contribution in [0.4, 0.5) is 0 Å². The second kappa shape index (κ2) is 9.76. The van der Waals surface area contributed by atoms with E-state index in [1.54, 1.807) is 7.11 Å². The van der Waals surface area contributed by atoms with Crippen molar-refractivity contribution in [3.63, 3.8) is 0 Å². The smallest absolute Gasteiger partial charge is 0.0589 e. The fourth-order valence-electron chi connectivity index (χ4n) is 2.07. The van der Waals surface area contributed by atoms with E-state index in [-0.39, 0.29) is 0 Å². The van der Waals surface area contributed by atoms with E-state index in [0.29, 0.717) is 5.41 Å². The molecule has 0 rings (SSSR count). The van der Waals surface area contributed by atoms with Crippen LogP contribution in [-0.4, -0.2) is 44.8 Å². The van der Waals surface area contributed by atoms with Gasteiger partial charge >= 0.3 is 0 Å². The molecule has 0 aromatic rings. The summed E-state index contributed by atoms with van der Waals surface area (Å²) in [6.45, 7) is 14.1. The quantitative estimate of drug-likeness (QED) is 0.579. The lowest BCUT2D eigenvalue weighted by Crippen LogP contribution is -2.32. The van der Waals surface area contributed by atoms with Crippen molar-refractivity contribution in [2.24, 2.45) is 17.1 Å². The summed E-state index contributed by atoms with van der Waals surface area (Å²) in [5.74, 6) is 0.724. The first-order valence-corrected chi connectivity index (χ1v) is 7.32. The van der Waals surface area contributed by atoms with Crippen molar-refractivity contribution in [3.8, 4) is 0 Å². The van der Waals surface area contributed by atoms with Crippen molar-refractivity contribution in [2.45, 2.75) is 47.0 Å². The van der Waals surface area contributed by atoms with Gasteiger partial charge in [0.25, 0.3) is 0 Å². The van der Waals surface area contributed by atoms with Crippen LogP contribution < -0.4 is 5.73 Å². The lowest BCUT2D eigenvalue weighted by molar-refractivity contribution is 0.137. The fraction of sp³-hybridized carbons (Fsp3) is 1.00. The van der Waals surface area contributed by atoms with Gasteiger partial charge in [-0.1, -0.05) is 34.1 Å². The SMILES string of the molecule is COCCN(CCCCC(C)(C)CN)CC(C)C. The van der Waals surface area contributed by atoms with Crippen LogP contribution in [-0.2, 0) is 4.74 Å². The third kappa shape index (κ3) is 9.86. The normalized spacial score (nSPS) is 12.7. The molecule has 0 spiro atoms. The van der Waals surface area contributed by atoms with Crippen LogP contribution >= 0.6 is 0 Å². The molecule has 0 amide bonds. The summed E-state index contributed by atoms with van der Waals surface area (Å²) in [6.07, 6.45) is 3.76. The van der Waals surface area contributed by atoms with E-state index in [2.05, 4.69) is 32.6 Å². The van der Waals surface area contributed by atoms with Gasteiger partial charge in [-0.15, -0.1) is 0 Å². The standard InChI is InChI=1S/C15H34N2O/c1-14(2)12-17(10-11-18-5)9-7-6-8-15(3,4)13-16/h14H,6-13,16H2,1-5H3. The van der Waals surface area contributed by atoms with Gasteiger partial charge in [0.2, 0.25) is 0 Å². The number of nitrogens with zero attached hydrogens (tertiary/aromatic N) is 1. The van der Waals surface area contributed by atoms with E-state index < -0.39 is 0 Å². The molecule has 110 valence electrons.